The topological polar surface area (TPSA) is 65.2 Å². The summed E-state index contributed by atoms with van der Waals surface area (Å²) in [7, 11) is 0. The molecule has 2 aromatic rings. The van der Waals surface area contributed by atoms with Gasteiger partial charge in [-0.3, -0.25) is 0 Å². The number of aryl methyl sites for hydroxylation is 1. The lowest BCUT2D eigenvalue weighted by atomic mass is 10.4. The van der Waals surface area contributed by atoms with E-state index in [-0.39, 0.29) is 5.69 Å². The lowest BCUT2D eigenvalue weighted by molar-refractivity contribution is 0.0518. The predicted octanol–water partition coefficient (Wildman–Crippen LogP) is 2.28. The average Bonchev–Trinajstić information content (AvgIpc) is 2.86. The Kier molecular flexibility index (Phi) is 3.00. The summed E-state index contributed by atoms with van der Waals surface area (Å²) in [5.74, 6) is 0.339. The molecule has 0 radical (unpaired) electrons. The van der Waals surface area contributed by atoms with Crippen LogP contribution in [0.4, 0.5) is 0 Å². The second-order valence-corrected chi connectivity index (χ2v) is 3.88. The standard InChI is InChI=1S/C10H10N2O3S/c1-3-14-10(13)7-6(2)15-8(12-7)9-11-4-5-16-9/h4-5H,3H2,1-2H3. The van der Waals surface area contributed by atoms with Crippen molar-refractivity contribution in [2.45, 2.75) is 13.8 Å². The van der Waals surface area contributed by atoms with Crippen LogP contribution in [-0.4, -0.2) is 22.5 Å². The summed E-state index contributed by atoms with van der Waals surface area (Å²) in [5.41, 5.74) is 0.215. The Morgan fingerprint density at radius 2 is 2.44 bits per heavy atom. The quantitative estimate of drug-likeness (QED) is 0.767. The summed E-state index contributed by atoms with van der Waals surface area (Å²) in [5, 5.41) is 2.47. The molecule has 5 nitrogen and oxygen atoms in total. The maximum atomic E-state index is 11.5. The highest BCUT2D eigenvalue weighted by Crippen LogP contribution is 2.23. The highest BCUT2D eigenvalue weighted by atomic mass is 32.1. The molecule has 0 aliphatic carbocycles. The van der Waals surface area contributed by atoms with Crippen LogP contribution in [0.5, 0.6) is 0 Å². The zero-order valence-corrected chi connectivity index (χ0v) is 9.71. The first kappa shape index (κ1) is 10.8. The Hall–Kier alpha value is -1.69. The minimum Gasteiger partial charge on any atom is -0.461 e. The molecule has 0 aliphatic rings. The number of hydrogen-bond acceptors (Lipinski definition) is 6. The Morgan fingerprint density at radius 1 is 1.62 bits per heavy atom. The van der Waals surface area contributed by atoms with Gasteiger partial charge in [0, 0.05) is 11.6 Å². The van der Waals surface area contributed by atoms with Crippen molar-refractivity contribution in [1.82, 2.24) is 9.97 Å². The third-order valence-electron chi connectivity index (χ3n) is 1.88. The predicted molar refractivity (Wildman–Crippen MR) is 58.3 cm³/mol. The first-order chi connectivity index (χ1) is 7.72. The van der Waals surface area contributed by atoms with Crippen LogP contribution in [0.25, 0.3) is 10.9 Å². The van der Waals surface area contributed by atoms with Crippen molar-refractivity contribution in [3.05, 3.63) is 23.0 Å². The van der Waals surface area contributed by atoms with E-state index in [0.717, 1.165) is 0 Å². The Balaban J connectivity index is 2.32. The molecule has 0 fully saturated rings. The summed E-state index contributed by atoms with van der Waals surface area (Å²) >= 11 is 1.40. The van der Waals surface area contributed by atoms with Gasteiger partial charge < -0.3 is 9.15 Å². The van der Waals surface area contributed by atoms with Gasteiger partial charge in [0.05, 0.1) is 6.61 Å². The molecule has 6 heteroatoms. The van der Waals surface area contributed by atoms with Crippen molar-refractivity contribution in [3.63, 3.8) is 0 Å². The van der Waals surface area contributed by atoms with Crippen molar-refractivity contribution in [2.75, 3.05) is 6.61 Å². The van der Waals surface area contributed by atoms with E-state index in [4.69, 9.17) is 9.15 Å². The van der Waals surface area contributed by atoms with E-state index < -0.39 is 5.97 Å². The van der Waals surface area contributed by atoms with Crippen LogP contribution >= 0.6 is 11.3 Å². The first-order valence-corrected chi connectivity index (χ1v) is 5.64. The van der Waals surface area contributed by atoms with E-state index in [1.165, 1.54) is 11.3 Å². The molecule has 0 spiro atoms. The van der Waals surface area contributed by atoms with Gasteiger partial charge in [-0.25, -0.2) is 9.78 Å². The molecule has 2 aromatic heterocycles. The van der Waals surface area contributed by atoms with Crippen LogP contribution in [0, 0.1) is 6.92 Å². The highest BCUT2D eigenvalue weighted by molar-refractivity contribution is 7.12. The largest absolute Gasteiger partial charge is 0.461 e. The van der Waals surface area contributed by atoms with Gasteiger partial charge in [0.25, 0.3) is 5.89 Å². The molecule has 0 N–H and O–H groups in total. The van der Waals surface area contributed by atoms with Gasteiger partial charge in [-0.2, -0.15) is 4.98 Å². The number of hydrogen-bond donors (Lipinski definition) is 0. The fourth-order valence-corrected chi connectivity index (χ4v) is 1.77. The van der Waals surface area contributed by atoms with E-state index in [2.05, 4.69) is 9.97 Å². The van der Waals surface area contributed by atoms with Crippen molar-refractivity contribution in [3.8, 4) is 10.9 Å². The molecule has 0 amide bonds. The summed E-state index contributed by atoms with van der Waals surface area (Å²) in [4.78, 5) is 19.6. The minimum absolute atomic E-state index is 0.215. The van der Waals surface area contributed by atoms with Crippen LogP contribution in [0.3, 0.4) is 0 Å². The normalized spacial score (nSPS) is 10.4. The zero-order chi connectivity index (χ0) is 11.5. The molecule has 0 saturated carbocycles. The van der Waals surface area contributed by atoms with E-state index in [1.807, 2.05) is 5.38 Å². The first-order valence-electron chi connectivity index (χ1n) is 4.76. The Labute approximate surface area is 96.1 Å². The van der Waals surface area contributed by atoms with E-state index in [1.54, 1.807) is 20.0 Å². The van der Waals surface area contributed by atoms with Crippen molar-refractivity contribution < 1.29 is 13.9 Å². The number of carbonyl (C=O) groups is 1. The van der Waals surface area contributed by atoms with Crippen LogP contribution in [0.2, 0.25) is 0 Å². The van der Waals surface area contributed by atoms with Gasteiger partial charge >= 0.3 is 5.97 Å². The molecule has 0 unspecified atom stereocenters. The number of aromatic nitrogens is 2. The average molecular weight is 238 g/mol. The highest BCUT2D eigenvalue weighted by Gasteiger charge is 2.19. The number of ether oxygens (including phenoxy) is 1. The molecular weight excluding hydrogens is 228 g/mol. The zero-order valence-electron chi connectivity index (χ0n) is 8.89. The molecule has 16 heavy (non-hydrogen) atoms. The second-order valence-electron chi connectivity index (χ2n) is 2.98. The number of esters is 1. The number of thiazole rings is 1. The van der Waals surface area contributed by atoms with Crippen LogP contribution < -0.4 is 0 Å². The van der Waals surface area contributed by atoms with E-state index in [0.29, 0.717) is 23.3 Å². The molecule has 0 aliphatic heterocycles. The molecule has 0 saturated heterocycles. The second kappa shape index (κ2) is 4.44. The Morgan fingerprint density at radius 3 is 3.06 bits per heavy atom. The Bertz CT molecular complexity index is 490. The minimum atomic E-state index is -0.466. The van der Waals surface area contributed by atoms with Crippen LogP contribution in [0.15, 0.2) is 16.0 Å². The number of carbonyl (C=O) groups excluding carboxylic acids is 1. The van der Waals surface area contributed by atoms with Gasteiger partial charge in [0.2, 0.25) is 0 Å². The molecule has 2 rings (SSSR count). The number of rotatable bonds is 3. The summed E-state index contributed by atoms with van der Waals surface area (Å²) in [6.07, 6.45) is 1.66. The summed E-state index contributed by atoms with van der Waals surface area (Å²) < 4.78 is 10.2. The van der Waals surface area contributed by atoms with Gasteiger partial charge in [-0.1, -0.05) is 0 Å². The maximum absolute atomic E-state index is 11.5. The SMILES string of the molecule is CCOC(=O)c1nc(-c2nccs2)oc1C. The summed E-state index contributed by atoms with van der Waals surface area (Å²) in [6.45, 7) is 3.74. The summed E-state index contributed by atoms with van der Waals surface area (Å²) in [6, 6.07) is 0. The van der Waals surface area contributed by atoms with Crippen LogP contribution in [0.1, 0.15) is 23.2 Å². The molecular formula is C10H10N2O3S. The van der Waals surface area contributed by atoms with Crippen molar-refractivity contribution in [2.24, 2.45) is 0 Å². The van der Waals surface area contributed by atoms with Crippen LogP contribution in [-0.2, 0) is 4.74 Å². The van der Waals surface area contributed by atoms with E-state index >= 15 is 0 Å². The third-order valence-corrected chi connectivity index (χ3v) is 2.64. The van der Waals surface area contributed by atoms with Gasteiger partial charge in [0.1, 0.15) is 5.76 Å². The third kappa shape index (κ3) is 1.96. The monoisotopic (exact) mass is 238 g/mol. The molecule has 2 heterocycles. The molecule has 0 bridgehead atoms. The lowest BCUT2D eigenvalue weighted by Crippen LogP contribution is -2.06. The fraction of sp³-hybridized carbons (Fsp3) is 0.300. The molecule has 84 valence electrons. The molecule has 0 aromatic carbocycles. The molecule has 0 atom stereocenters. The van der Waals surface area contributed by atoms with E-state index in [9.17, 15) is 4.79 Å². The smallest absolute Gasteiger partial charge is 0.360 e. The van der Waals surface area contributed by atoms with Crippen molar-refractivity contribution >= 4 is 17.3 Å². The fourth-order valence-electron chi connectivity index (χ4n) is 1.21. The number of oxazole rings is 1. The lowest BCUT2D eigenvalue weighted by Gasteiger charge is -1.96. The van der Waals surface area contributed by atoms with Gasteiger partial charge in [0.15, 0.2) is 10.7 Å². The maximum Gasteiger partial charge on any atom is 0.360 e. The van der Waals surface area contributed by atoms with Crippen molar-refractivity contribution in [1.29, 1.82) is 0 Å². The number of nitrogens with zero attached hydrogens (tertiary/aromatic N) is 2. The van der Waals surface area contributed by atoms with Gasteiger partial charge in [-0.15, -0.1) is 11.3 Å². The van der Waals surface area contributed by atoms with Gasteiger partial charge in [-0.05, 0) is 13.8 Å².